The van der Waals surface area contributed by atoms with E-state index in [4.69, 9.17) is 17.3 Å². The first-order valence-corrected chi connectivity index (χ1v) is 8.32. The van der Waals surface area contributed by atoms with Crippen LogP contribution >= 0.6 is 23.4 Å². The first-order valence-electron chi connectivity index (χ1n) is 6.96. The third kappa shape index (κ3) is 3.36. The Morgan fingerprint density at radius 1 is 1.50 bits per heavy atom. The summed E-state index contributed by atoms with van der Waals surface area (Å²) < 4.78 is 0. The second-order valence-corrected chi connectivity index (χ2v) is 6.49. The van der Waals surface area contributed by atoms with Crippen molar-refractivity contribution in [3.63, 3.8) is 0 Å². The molecule has 1 aliphatic heterocycles. The van der Waals surface area contributed by atoms with Crippen LogP contribution < -0.4 is 5.73 Å². The van der Waals surface area contributed by atoms with E-state index < -0.39 is 0 Å². The van der Waals surface area contributed by atoms with Gasteiger partial charge in [0, 0.05) is 24.0 Å². The number of nitrogen functional groups attached to an aromatic ring is 1. The standard InChI is InChI=1S/C14H16ClN5OS/c15-11-4-2-1-3-10(11)9-5-6-20(7-9)12(21)8-22-14-17-13(16)18-19-14/h1-4,9H,5-8H2,(H3,16,17,18,19)/t9-/m0/s1. The average molecular weight is 338 g/mol. The smallest absolute Gasteiger partial charge is 0.233 e. The Hall–Kier alpha value is -1.73. The van der Waals surface area contributed by atoms with Crippen LogP contribution in [0.15, 0.2) is 29.4 Å². The third-order valence-electron chi connectivity index (χ3n) is 3.69. The minimum absolute atomic E-state index is 0.0860. The zero-order valence-corrected chi connectivity index (χ0v) is 13.4. The Morgan fingerprint density at radius 3 is 3.05 bits per heavy atom. The van der Waals surface area contributed by atoms with Gasteiger partial charge >= 0.3 is 0 Å². The van der Waals surface area contributed by atoms with Gasteiger partial charge in [-0.1, -0.05) is 41.6 Å². The maximum atomic E-state index is 12.3. The van der Waals surface area contributed by atoms with E-state index in [1.807, 2.05) is 29.2 Å². The highest BCUT2D eigenvalue weighted by Crippen LogP contribution is 2.32. The minimum atomic E-state index is 0.0860. The lowest BCUT2D eigenvalue weighted by molar-refractivity contribution is -0.127. The predicted molar refractivity (Wildman–Crippen MR) is 86.9 cm³/mol. The molecule has 2 heterocycles. The summed E-state index contributed by atoms with van der Waals surface area (Å²) in [5.41, 5.74) is 6.57. The van der Waals surface area contributed by atoms with E-state index in [1.54, 1.807) is 0 Å². The number of benzene rings is 1. The molecule has 8 heteroatoms. The fourth-order valence-corrected chi connectivity index (χ4v) is 3.59. The molecule has 6 nitrogen and oxygen atoms in total. The summed E-state index contributed by atoms with van der Waals surface area (Å²) in [4.78, 5) is 18.1. The first kappa shape index (κ1) is 15.2. The Morgan fingerprint density at radius 2 is 2.32 bits per heavy atom. The third-order valence-corrected chi connectivity index (χ3v) is 4.87. The number of aromatic nitrogens is 3. The normalized spacial score (nSPS) is 17.9. The second kappa shape index (κ2) is 6.58. The van der Waals surface area contributed by atoms with Crippen LogP contribution in [0.1, 0.15) is 17.9 Å². The monoisotopic (exact) mass is 337 g/mol. The number of nitrogens with zero attached hydrogens (tertiary/aromatic N) is 3. The molecule has 22 heavy (non-hydrogen) atoms. The van der Waals surface area contributed by atoms with Gasteiger partial charge in [0.05, 0.1) is 5.75 Å². The molecule has 1 saturated heterocycles. The van der Waals surface area contributed by atoms with Gasteiger partial charge in [0.2, 0.25) is 17.0 Å². The zero-order chi connectivity index (χ0) is 15.5. The molecule has 0 aliphatic carbocycles. The van der Waals surface area contributed by atoms with E-state index in [9.17, 15) is 4.79 Å². The van der Waals surface area contributed by atoms with Gasteiger partial charge in [0.25, 0.3) is 0 Å². The molecule has 2 aromatic rings. The number of nitrogens with one attached hydrogen (secondary N) is 1. The number of likely N-dealkylation sites (tertiary alicyclic amines) is 1. The number of aromatic amines is 1. The van der Waals surface area contributed by atoms with Crippen LogP contribution in [0.25, 0.3) is 0 Å². The van der Waals surface area contributed by atoms with Gasteiger partial charge in [-0.15, -0.1) is 5.10 Å². The molecule has 1 aliphatic rings. The van der Waals surface area contributed by atoms with E-state index in [2.05, 4.69) is 15.2 Å². The number of carbonyl (C=O) groups is 1. The number of carbonyl (C=O) groups excluding carboxylic acids is 1. The number of nitrogens with two attached hydrogens (primary N) is 1. The predicted octanol–water partition coefficient (Wildman–Crippen LogP) is 2.15. The number of anilines is 1. The average Bonchev–Trinajstić information content (AvgIpc) is 3.14. The number of thioether (sulfide) groups is 1. The van der Waals surface area contributed by atoms with Gasteiger partial charge < -0.3 is 10.6 Å². The number of halogens is 1. The molecule has 0 radical (unpaired) electrons. The van der Waals surface area contributed by atoms with Crippen molar-refractivity contribution in [1.82, 2.24) is 20.1 Å². The highest BCUT2D eigenvalue weighted by atomic mass is 35.5. The van der Waals surface area contributed by atoms with E-state index in [1.165, 1.54) is 11.8 Å². The first-order chi connectivity index (χ1) is 10.6. The fourth-order valence-electron chi connectivity index (χ4n) is 2.59. The topological polar surface area (TPSA) is 87.9 Å². The van der Waals surface area contributed by atoms with E-state index in [0.717, 1.165) is 23.6 Å². The Labute approximate surface area is 137 Å². The fraction of sp³-hybridized carbons (Fsp3) is 0.357. The van der Waals surface area contributed by atoms with Crippen molar-refractivity contribution < 1.29 is 4.79 Å². The van der Waals surface area contributed by atoms with Crippen molar-refractivity contribution in [2.24, 2.45) is 0 Å². The van der Waals surface area contributed by atoms with Gasteiger partial charge in [0.1, 0.15) is 0 Å². The van der Waals surface area contributed by atoms with Crippen LogP contribution in [0, 0.1) is 0 Å². The second-order valence-electron chi connectivity index (χ2n) is 5.14. The van der Waals surface area contributed by atoms with Gasteiger partial charge in [-0.05, 0) is 18.1 Å². The van der Waals surface area contributed by atoms with Gasteiger partial charge in [-0.3, -0.25) is 4.79 Å². The molecule has 0 spiro atoms. The molecule has 3 rings (SSSR count). The highest BCUT2D eigenvalue weighted by Gasteiger charge is 2.28. The summed E-state index contributed by atoms with van der Waals surface area (Å²) in [5, 5.41) is 7.72. The molecule has 1 atom stereocenters. The largest absolute Gasteiger partial charge is 0.368 e. The van der Waals surface area contributed by atoms with Crippen molar-refractivity contribution in [2.45, 2.75) is 17.5 Å². The summed E-state index contributed by atoms with van der Waals surface area (Å²) in [6.07, 6.45) is 0.938. The van der Waals surface area contributed by atoms with Crippen LogP contribution in [-0.4, -0.2) is 44.8 Å². The molecule has 1 aromatic carbocycles. The minimum Gasteiger partial charge on any atom is -0.368 e. The molecule has 1 fully saturated rings. The maximum Gasteiger partial charge on any atom is 0.233 e. The number of H-pyrrole nitrogens is 1. The van der Waals surface area contributed by atoms with Gasteiger partial charge in [-0.25, -0.2) is 5.10 Å². The van der Waals surface area contributed by atoms with Crippen molar-refractivity contribution in [2.75, 3.05) is 24.6 Å². The number of rotatable bonds is 4. The Bertz CT molecular complexity index is 677. The number of hydrogen-bond acceptors (Lipinski definition) is 5. The lowest BCUT2D eigenvalue weighted by Crippen LogP contribution is -2.30. The van der Waals surface area contributed by atoms with Crippen LogP contribution in [0.4, 0.5) is 5.95 Å². The number of hydrogen-bond donors (Lipinski definition) is 2. The van der Waals surface area contributed by atoms with E-state index >= 15 is 0 Å². The van der Waals surface area contributed by atoms with Gasteiger partial charge in [0.15, 0.2) is 0 Å². The SMILES string of the molecule is Nc1nc(SCC(=O)N2CC[C@H](c3ccccc3Cl)C2)n[nH]1. The van der Waals surface area contributed by atoms with Crippen LogP contribution in [0.2, 0.25) is 5.02 Å². The molecule has 1 amide bonds. The summed E-state index contributed by atoms with van der Waals surface area (Å²) in [6.45, 7) is 1.46. The highest BCUT2D eigenvalue weighted by molar-refractivity contribution is 7.99. The van der Waals surface area contributed by atoms with Crippen LogP contribution in [0.3, 0.4) is 0 Å². The quantitative estimate of drug-likeness (QED) is 0.835. The molecule has 3 N–H and O–H groups in total. The molecule has 1 aromatic heterocycles. The molecule has 0 saturated carbocycles. The summed E-state index contributed by atoms with van der Waals surface area (Å²) in [7, 11) is 0. The van der Waals surface area contributed by atoms with Crippen LogP contribution in [-0.2, 0) is 4.79 Å². The maximum absolute atomic E-state index is 12.3. The summed E-state index contributed by atoms with van der Waals surface area (Å²) >= 11 is 7.52. The van der Waals surface area contributed by atoms with Crippen molar-refractivity contribution >= 4 is 35.2 Å². The lowest BCUT2D eigenvalue weighted by atomic mass is 9.98. The van der Waals surface area contributed by atoms with Crippen molar-refractivity contribution in [1.29, 1.82) is 0 Å². The molecule has 0 bridgehead atoms. The van der Waals surface area contributed by atoms with E-state index in [0.29, 0.717) is 23.4 Å². The van der Waals surface area contributed by atoms with Gasteiger partial charge in [-0.2, -0.15) is 4.98 Å². The zero-order valence-electron chi connectivity index (χ0n) is 11.8. The molecule has 116 valence electrons. The molecule has 0 unspecified atom stereocenters. The van der Waals surface area contributed by atoms with E-state index in [-0.39, 0.29) is 11.9 Å². The summed E-state index contributed by atoms with van der Waals surface area (Å²) in [6, 6.07) is 7.83. The lowest BCUT2D eigenvalue weighted by Gasteiger charge is -2.16. The number of amides is 1. The summed E-state index contributed by atoms with van der Waals surface area (Å²) in [5.74, 6) is 0.964. The Balaban J connectivity index is 1.56. The molecular formula is C14H16ClN5OS. The van der Waals surface area contributed by atoms with Crippen LogP contribution in [0.5, 0.6) is 0 Å². The van der Waals surface area contributed by atoms with Crippen molar-refractivity contribution in [3.05, 3.63) is 34.9 Å². The molecular weight excluding hydrogens is 322 g/mol. The Kier molecular flexibility index (Phi) is 4.54. The van der Waals surface area contributed by atoms with Crippen molar-refractivity contribution in [3.8, 4) is 0 Å².